The highest BCUT2D eigenvalue weighted by atomic mass is 79.9. The highest BCUT2D eigenvalue weighted by Crippen LogP contribution is 2.28. The lowest BCUT2D eigenvalue weighted by Crippen LogP contribution is -2.17. The van der Waals surface area contributed by atoms with Crippen molar-refractivity contribution in [1.82, 2.24) is 0 Å². The van der Waals surface area contributed by atoms with Gasteiger partial charge in [0.15, 0.2) is 0 Å². The second kappa shape index (κ2) is 6.18. The van der Waals surface area contributed by atoms with Crippen LogP contribution in [0.4, 0.5) is 11.4 Å². The Balaban J connectivity index is 2.18. The minimum Gasteiger partial charge on any atom is -0.496 e. The quantitative estimate of drug-likeness (QED) is 0.859. The fraction of sp³-hybridized carbons (Fsp3) is 0.250. The normalized spacial score (nSPS) is 10.4. The molecule has 0 heterocycles. The van der Waals surface area contributed by atoms with Crippen LogP contribution in [-0.2, 0) is 6.54 Å². The molecule has 0 aromatic heterocycles. The molecule has 0 unspecified atom stereocenters. The number of hydrogen-bond acceptors (Lipinski definition) is 3. The van der Waals surface area contributed by atoms with Crippen LogP contribution >= 0.6 is 15.9 Å². The largest absolute Gasteiger partial charge is 0.496 e. The Labute approximate surface area is 128 Å². The average molecular weight is 335 g/mol. The number of benzene rings is 2. The Morgan fingerprint density at radius 3 is 2.55 bits per heavy atom. The van der Waals surface area contributed by atoms with Gasteiger partial charge in [0.25, 0.3) is 0 Å². The van der Waals surface area contributed by atoms with Crippen molar-refractivity contribution in [2.24, 2.45) is 0 Å². The molecule has 0 atom stereocenters. The maximum Gasteiger partial charge on any atom is 0.133 e. The predicted octanol–water partition coefficient (Wildman–Crippen LogP) is 3.98. The molecule has 2 aromatic carbocycles. The Kier molecular flexibility index (Phi) is 4.55. The number of halogens is 1. The third kappa shape index (κ3) is 3.25. The van der Waals surface area contributed by atoms with Crippen molar-refractivity contribution < 1.29 is 4.74 Å². The molecular weight excluding hydrogens is 316 g/mol. The van der Waals surface area contributed by atoms with E-state index >= 15 is 0 Å². The van der Waals surface area contributed by atoms with Gasteiger partial charge in [0.05, 0.1) is 23.0 Å². The minimum absolute atomic E-state index is 0.788. The molecule has 2 N–H and O–H groups in total. The molecule has 0 aliphatic carbocycles. The first kappa shape index (κ1) is 14.7. The fourth-order valence-corrected chi connectivity index (χ4v) is 2.78. The fourth-order valence-electron chi connectivity index (χ4n) is 2.19. The Morgan fingerprint density at radius 2 is 1.95 bits per heavy atom. The first-order chi connectivity index (χ1) is 9.51. The van der Waals surface area contributed by atoms with Crippen molar-refractivity contribution in [3.05, 3.63) is 52.0 Å². The van der Waals surface area contributed by atoms with E-state index in [0.29, 0.717) is 0 Å². The van der Waals surface area contributed by atoms with Crippen molar-refractivity contribution in [3.8, 4) is 5.75 Å². The molecule has 0 amide bonds. The second-order valence-corrected chi connectivity index (χ2v) is 5.74. The number of rotatable bonds is 4. The molecule has 0 saturated heterocycles. The maximum atomic E-state index is 6.08. The number of aryl methyl sites for hydroxylation is 1. The maximum absolute atomic E-state index is 6.08. The zero-order valence-electron chi connectivity index (χ0n) is 12.0. The molecule has 0 saturated carbocycles. The van der Waals surface area contributed by atoms with Crippen molar-refractivity contribution in [2.45, 2.75) is 13.5 Å². The van der Waals surface area contributed by atoms with Gasteiger partial charge in [-0.2, -0.15) is 0 Å². The SMILES string of the molecule is COc1ccc(CN(C)c2ccc(C)cc2N)cc1Br. The van der Waals surface area contributed by atoms with Crippen LogP contribution in [0.2, 0.25) is 0 Å². The van der Waals surface area contributed by atoms with Crippen LogP contribution < -0.4 is 15.4 Å². The summed E-state index contributed by atoms with van der Waals surface area (Å²) in [4.78, 5) is 2.14. The summed E-state index contributed by atoms with van der Waals surface area (Å²) in [5.74, 6) is 0.839. The van der Waals surface area contributed by atoms with Crippen LogP contribution in [0.3, 0.4) is 0 Å². The van der Waals surface area contributed by atoms with Gasteiger partial charge in [-0.15, -0.1) is 0 Å². The molecular formula is C16H19BrN2O. The lowest BCUT2D eigenvalue weighted by atomic mass is 10.1. The van der Waals surface area contributed by atoms with E-state index < -0.39 is 0 Å². The van der Waals surface area contributed by atoms with Gasteiger partial charge in [0, 0.05) is 13.6 Å². The predicted molar refractivity (Wildman–Crippen MR) is 88.4 cm³/mol. The number of anilines is 2. The van der Waals surface area contributed by atoms with Crippen LogP contribution in [0.1, 0.15) is 11.1 Å². The van der Waals surface area contributed by atoms with E-state index in [-0.39, 0.29) is 0 Å². The molecule has 0 aliphatic rings. The summed E-state index contributed by atoms with van der Waals surface area (Å²) in [6.07, 6.45) is 0. The van der Waals surface area contributed by atoms with E-state index in [0.717, 1.165) is 28.1 Å². The number of methoxy groups -OCH3 is 1. The van der Waals surface area contributed by atoms with Crippen LogP contribution in [0.25, 0.3) is 0 Å². The van der Waals surface area contributed by atoms with E-state index in [2.05, 4.69) is 45.1 Å². The van der Waals surface area contributed by atoms with Crippen LogP contribution in [0.15, 0.2) is 40.9 Å². The van der Waals surface area contributed by atoms with Gasteiger partial charge in [0.1, 0.15) is 5.75 Å². The summed E-state index contributed by atoms with van der Waals surface area (Å²) in [5, 5.41) is 0. The lowest BCUT2D eigenvalue weighted by molar-refractivity contribution is 0.412. The van der Waals surface area contributed by atoms with Gasteiger partial charge >= 0.3 is 0 Å². The molecule has 106 valence electrons. The molecule has 2 aromatic rings. The molecule has 0 radical (unpaired) electrons. The molecule has 0 aliphatic heterocycles. The third-order valence-electron chi connectivity index (χ3n) is 3.23. The van der Waals surface area contributed by atoms with Gasteiger partial charge in [-0.3, -0.25) is 0 Å². The molecule has 4 heteroatoms. The molecule has 0 bridgehead atoms. The first-order valence-electron chi connectivity index (χ1n) is 6.41. The molecule has 0 fully saturated rings. The van der Waals surface area contributed by atoms with Crippen molar-refractivity contribution >= 4 is 27.3 Å². The van der Waals surface area contributed by atoms with Gasteiger partial charge < -0.3 is 15.4 Å². The topological polar surface area (TPSA) is 38.5 Å². The van der Waals surface area contributed by atoms with Crippen LogP contribution in [-0.4, -0.2) is 14.2 Å². The van der Waals surface area contributed by atoms with Crippen LogP contribution in [0, 0.1) is 6.92 Å². The minimum atomic E-state index is 0.788. The average Bonchev–Trinajstić information content (AvgIpc) is 2.38. The number of ether oxygens (including phenoxy) is 1. The van der Waals surface area contributed by atoms with E-state index in [1.807, 2.05) is 26.1 Å². The number of hydrogen-bond donors (Lipinski definition) is 1. The summed E-state index contributed by atoms with van der Waals surface area (Å²) >= 11 is 3.51. The van der Waals surface area contributed by atoms with Crippen LogP contribution in [0.5, 0.6) is 5.75 Å². The monoisotopic (exact) mass is 334 g/mol. The van der Waals surface area contributed by atoms with E-state index in [1.165, 1.54) is 11.1 Å². The summed E-state index contributed by atoms with van der Waals surface area (Å²) in [6.45, 7) is 2.83. The van der Waals surface area contributed by atoms with E-state index in [1.54, 1.807) is 7.11 Å². The van der Waals surface area contributed by atoms with Gasteiger partial charge in [-0.1, -0.05) is 12.1 Å². The van der Waals surface area contributed by atoms with Crippen molar-refractivity contribution in [1.29, 1.82) is 0 Å². The lowest BCUT2D eigenvalue weighted by Gasteiger charge is -2.22. The van der Waals surface area contributed by atoms with Crippen molar-refractivity contribution in [3.63, 3.8) is 0 Å². The van der Waals surface area contributed by atoms with Gasteiger partial charge in [0.2, 0.25) is 0 Å². The second-order valence-electron chi connectivity index (χ2n) is 4.89. The molecule has 0 spiro atoms. The first-order valence-corrected chi connectivity index (χ1v) is 7.20. The Hall–Kier alpha value is -1.68. The standard InChI is InChI=1S/C16H19BrN2O/c1-11-4-6-15(14(18)8-11)19(2)10-12-5-7-16(20-3)13(17)9-12/h4-9H,10,18H2,1-3H3. The molecule has 2 rings (SSSR count). The van der Waals surface area contributed by atoms with Gasteiger partial charge in [-0.05, 0) is 58.2 Å². The summed E-state index contributed by atoms with van der Waals surface area (Å²) in [7, 11) is 3.71. The Bertz CT molecular complexity index is 613. The summed E-state index contributed by atoms with van der Waals surface area (Å²) < 4.78 is 6.20. The number of nitrogens with zero attached hydrogens (tertiary/aromatic N) is 1. The number of nitrogen functional groups attached to an aromatic ring is 1. The Morgan fingerprint density at radius 1 is 1.20 bits per heavy atom. The zero-order chi connectivity index (χ0) is 14.7. The summed E-state index contributed by atoms with van der Waals surface area (Å²) in [5.41, 5.74) is 10.3. The smallest absolute Gasteiger partial charge is 0.133 e. The number of nitrogens with two attached hydrogens (primary N) is 1. The van der Waals surface area contributed by atoms with Crippen molar-refractivity contribution in [2.75, 3.05) is 24.8 Å². The highest BCUT2D eigenvalue weighted by molar-refractivity contribution is 9.10. The van der Waals surface area contributed by atoms with E-state index in [9.17, 15) is 0 Å². The summed E-state index contributed by atoms with van der Waals surface area (Å²) in [6, 6.07) is 12.2. The van der Waals surface area contributed by atoms with Gasteiger partial charge in [-0.25, -0.2) is 0 Å². The third-order valence-corrected chi connectivity index (χ3v) is 3.85. The van der Waals surface area contributed by atoms with E-state index in [4.69, 9.17) is 10.5 Å². The molecule has 20 heavy (non-hydrogen) atoms. The zero-order valence-corrected chi connectivity index (χ0v) is 13.6. The molecule has 3 nitrogen and oxygen atoms in total. The highest BCUT2D eigenvalue weighted by Gasteiger charge is 2.08.